The monoisotopic (exact) mass is 410 g/mol. The van der Waals surface area contributed by atoms with Crippen molar-refractivity contribution in [3.05, 3.63) is 35.4 Å². The SMILES string of the molecule is CC1(O)CCCC1c1ccc(C(=O)OCCC(F)C(F)(F)S(=O)(=O)O)cc1. The summed E-state index contributed by atoms with van der Waals surface area (Å²) < 4.78 is 73.3. The van der Waals surface area contributed by atoms with Crippen molar-refractivity contribution in [3.8, 4) is 0 Å². The highest BCUT2D eigenvalue weighted by molar-refractivity contribution is 7.86. The molecule has 0 bridgehead atoms. The summed E-state index contributed by atoms with van der Waals surface area (Å²) >= 11 is 0. The molecule has 1 aromatic rings. The largest absolute Gasteiger partial charge is 0.462 e. The number of aliphatic hydroxyl groups is 1. The predicted octanol–water partition coefficient (Wildman–Crippen LogP) is 3.07. The van der Waals surface area contributed by atoms with E-state index in [1.54, 1.807) is 19.1 Å². The molecule has 3 atom stereocenters. The molecule has 27 heavy (non-hydrogen) atoms. The molecule has 1 fully saturated rings. The third kappa shape index (κ3) is 4.80. The van der Waals surface area contributed by atoms with Crippen LogP contribution >= 0.6 is 0 Å². The Balaban J connectivity index is 1.92. The zero-order valence-corrected chi connectivity index (χ0v) is 15.4. The first-order chi connectivity index (χ1) is 12.4. The second-order valence-corrected chi connectivity index (χ2v) is 8.35. The summed E-state index contributed by atoms with van der Waals surface area (Å²) in [5.74, 6) is -0.945. The second kappa shape index (κ2) is 7.76. The van der Waals surface area contributed by atoms with E-state index in [0.717, 1.165) is 18.4 Å². The summed E-state index contributed by atoms with van der Waals surface area (Å²) in [6.07, 6.45) is -1.93. The molecule has 1 aliphatic carbocycles. The molecule has 2 N–H and O–H groups in total. The van der Waals surface area contributed by atoms with Gasteiger partial charge in [0, 0.05) is 12.3 Å². The number of esters is 1. The van der Waals surface area contributed by atoms with Crippen LogP contribution in [-0.4, -0.2) is 47.7 Å². The Morgan fingerprint density at radius 1 is 1.37 bits per heavy atom. The molecule has 1 aliphatic rings. The molecule has 152 valence electrons. The Morgan fingerprint density at radius 2 is 1.96 bits per heavy atom. The molecule has 6 nitrogen and oxygen atoms in total. The molecule has 0 aromatic heterocycles. The van der Waals surface area contributed by atoms with Gasteiger partial charge in [0.15, 0.2) is 6.17 Å². The minimum absolute atomic E-state index is 0.0578. The number of hydrogen-bond acceptors (Lipinski definition) is 5. The van der Waals surface area contributed by atoms with Gasteiger partial charge in [0.05, 0.1) is 17.8 Å². The maximum Gasteiger partial charge on any atom is 0.400 e. The Kier molecular flexibility index (Phi) is 6.23. The van der Waals surface area contributed by atoms with Crippen LogP contribution in [0.15, 0.2) is 24.3 Å². The molecular weight excluding hydrogens is 389 g/mol. The zero-order chi connectivity index (χ0) is 20.5. The maximum absolute atomic E-state index is 13.3. The zero-order valence-electron chi connectivity index (χ0n) is 14.6. The fourth-order valence-corrected chi connectivity index (χ4v) is 3.64. The molecule has 2 rings (SSSR count). The summed E-state index contributed by atoms with van der Waals surface area (Å²) in [4.78, 5) is 11.9. The number of hydrogen-bond donors (Lipinski definition) is 2. The highest BCUT2D eigenvalue weighted by atomic mass is 32.2. The van der Waals surface area contributed by atoms with Gasteiger partial charge in [-0.05, 0) is 43.9 Å². The third-order valence-corrected chi connectivity index (χ3v) is 5.73. The molecule has 0 aliphatic heterocycles. The Bertz CT molecular complexity index is 776. The second-order valence-electron chi connectivity index (χ2n) is 6.85. The first-order valence-electron chi connectivity index (χ1n) is 8.34. The summed E-state index contributed by atoms with van der Waals surface area (Å²) in [5, 5.41) is 5.36. The van der Waals surface area contributed by atoms with Crippen LogP contribution in [0.2, 0.25) is 0 Å². The number of rotatable bonds is 7. The quantitative estimate of drug-likeness (QED) is 0.529. The van der Waals surface area contributed by atoms with Crippen LogP contribution in [0.25, 0.3) is 0 Å². The highest BCUT2D eigenvalue weighted by Gasteiger charge is 2.52. The lowest BCUT2D eigenvalue weighted by Crippen LogP contribution is -2.39. The smallest absolute Gasteiger partial charge is 0.400 e. The molecule has 1 saturated carbocycles. The van der Waals surface area contributed by atoms with E-state index in [9.17, 15) is 31.5 Å². The summed E-state index contributed by atoms with van der Waals surface area (Å²) in [5.41, 5.74) is 0.134. The van der Waals surface area contributed by atoms with Crippen molar-refractivity contribution in [1.82, 2.24) is 0 Å². The number of benzene rings is 1. The number of carbonyl (C=O) groups is 1. The van der Waals surface area contributed by atoms with Crippen molar-refractivity contribution in [1.29, 1.82) is 0 Å². The minimum Gasteiger partial charge on any atom is -0.462 e. The molecule has 0 spiro atoms. The molecule has 0 saturated heterocycles. The molecular formula is C17H21F3O6S. The van der Waals surface area contributed by atoms with Crippen molar-refractivity contribution in [2.24, 2.45) is 0 Å². The van der Waals surface area contributed by atoms with Gasteiger partial charge in [-0.2, -0.15) is 17.2 Å². The lowest BCUT2D eigenvalue weighted by atomic mass is 9.86. The van der Waals surface area contributed by atoms with E-state index >= 15 is 0 Å². The van der Waals surface area contributed by atoms with Crippen molar-refractivity contribution >= 4 is 16.1 Å². The van der Waals surface area contributed by atoms with Crippen LogP contribution in [0.3, 0.4) is 0 Å². The van der Waals surface area contributed by atoms with Crippen molar-refractivity contribution < 1.29 is 40.8 Å². The van der Waals surface area contributed by atoms with Gasteiger partial charge in [0.1, 0.15) is 0 Å². The highest BCUT2D eigenvalue weighted by Crippen LogP contribution is 2.42. The average Bonchev–Trinajstić information content (AvgIpc) is 2.92. The standard InChI is InChI=1S/C17H21F3O6S/c1-16(22)9-2-3-13(16)11-4-6-12(7-5-11)15(21)26-10-8-14(18)17(19,20)27(23,24)25/h4-7,13-14,22H,2-3,8-10H2,1H3,(H,23,24,25). The fraction of sp³-hybridized carbons (Fsp3) is 0.588. The molecule has 10 heteroatoms. The van der Waals surface area contributed by atoms with Gasteiger partial charge in [-0.25, -0.2) is 9.18 Å². The van der Waals surface area contributed by atoms with Gasteiger partial charge in [-0.1, -0.05) is 12.1 Å². The van der Waals surface area contributed by atoms with Gasteiger partial charge in [0.25, 0.3) is 0 Å². The van der Waals surface area contributed by atoms with Crippen molar-refractivity contribution in [3.63, 3.8) is 0 Å². The maximum atomic E-state index is 13.3. The van der Waals surface area contributed by atoms with Crippen LogP contribution in [0, 0.1) is 0 Å². The average molecular weight is 410 g/mol. The van der Waals surface area contributed by atoms with Crippen LogP contribution in [0.4, 0.5) is 13.2 Å². The van der Waals surface area contributed by atoms with E-state index in [2.05, 4.69) is 4.74 Å². The normalized spacial score (nSPS) is 24.6. The molecule has 3 unspecified atom stereocenters. The first-order valence-corrected chi connectivity index (χ1v) is 9.78. The Labute approximate surface area is 155 Å². The molecule has 1 aromatic carbocycles. The van der Waals surface area contributed by atoms with Crippen molar-refractivity contribution in [2.75, 3.05) is 6.61 Å². The van der Waals surface area contributed by atoms with E-state index < -0.39 is 46.1 Å². The third-order valence-electron chi connectivity index (χ3n) is 4.79. The van der Waals surface area contributed by atoms with E-state index in [1.165, 1.54) is 12.1 Å². The lowest BCUT2D eigenvalue weighted by molar-refractivity contribution is -0.0163. The van der Waals surface area contributed by atoms with Crippen LogP contribution in [0.5, 0.6) is 0 Å². The molecule has 0 radical (unpaired) electrons. The van der Waals surface area contributed by atoms with Crippen LogP contribution in [0.1, 0.15) is 54.4 Å². The molecule has 0 amide bonds. The summed E-state index contributed by atoms with van der Waals surface area (Å²) in [6.45, 7) is 0.965. The van der Waals surface area contributed by atoms with E-state index in [4.69, 9.17) is 4.55 Å². The minimum atomic E-state index is -5.90. The number of halogens is 3. The Morgan fingerprint density at radius 3 is 2.44 bits per heavy atom. The Hall–Kier alpha value is -1.65. The van der Waals surface area contributed by atoms with Gasteiger partial charge < -0.3 is 9.84 Å². The van der Waals surface area contributed by atoms with Gasteiger partial charge in [-0.15, -0.1) is 0 Å². The number of carbonyl (C=O) groups excluding carboxylic acids is 1. The van der Waals surface area contributed by atoms with Gasteiger partial charge in [-0.3, -0.25) is 4.55 Å². The van der Waals surface area contributed by atoms with E-state index in [1.807, 2.05) is 0 Å². The fourth-order valence-electron chi connectivity index (χ4n) is 3.19. The number of alkyl halides is 3. The van der Waals surface area contributed by atoms with Crippen LogP contribution < -0.4 is 0 Å². The van der Waals surface area contributed by atoms with Gasteiger partial charge in [0.2, 0.25) is 0 Å². The van der Waals surface area contributed by atoms with Gasteiger partial charge >= 0.3 is 21.3 Å². The van der Waals surface area contributed by atoms with E-state index in [0.29, 0.717) is 6.42 Å². The molecule has 0 heterocycles. The summed E-state index contributed by atoms with van der Waals surface area (Å²) in [7, 11) is -5.90. The summed E-state index contributed by atoms with van der Waals surface area (Å²) in [6, 6.07) is 6.22. The lowest BCUT2D eigenvalue weighted by Gasteiger charge is -2.26. The predicted molar refractivity (Wildman–Crippen MR) is 89.9 cm³/mol. The topological polar surface area (TPSA) is 101 Å². The first kappa shape index (κ1) is 21.6. The number of ether oxygens (including phenoxy) is 1. The van der Waals surface area contributed by atoms with Crippen LogP contribution in [-0.2, 0) is 14.9 Å². The van der Waals surface area contributed by atoms with Crippen molar-refractivity contribution in [2.45, 2.75) is 55.6 Å². The van der Waals surface area contributed by atoms with E-state index in [-0.39, 0.29) is 11.5 Å².